The first-order valence-electron chi connectivity index (χ1n) is 12.8. The molecule has 36 heavy (non-hydrogen) atoms. The van der Waals surface area contributed by atoms with Crippen LogP contribution in [0.4, 0.5) is 0 Å². The maximum absolute atomic E-state index is 4.97. The second-order valence-electron chi connectivity index (χ2n) is 12.1. The predicted octanol–water partition coefficient (Wildman–Crippen LogP) is 8.82. The molecule has 0 radical (unpaired) electrons. The number of hydrogen-bond donors (Lipinski definition) is 0. The van der Waals surface area contributed by atoms with Crippen molar-refractivity contribution in [2.24, 2.45) is 5.41 Å². The molecule has 1 aromatic heterocycles. The van der Waals surface area contributed by atoms with E-state index >= 15 is 0 Å². The molecule has 0 N–H and O–H groups in total. The smallest absolute Gasteiger partial charge is 0.164 e. The van der Waals surface area contributed by atoms with E-state index in [-0.39, 0.29) is 10.8 Å². The van der Waals surface area contributed by atoms with Crippen LogP contribution in [0.5, 0.6) is 0 Å². The number of nitrogens with zero attached hydrogens (tertiary/aromatic N) is 3. The van der Waals surface area contributed by atoms with Gasteiger partial charge in [-0.25, -0.2) is 15.0 Å². The minimum atomic E-state index is 0.0875. The first-order chi connectivity index (χ1) is 16.8. The number of benzene rings is 3. The molecule has 0 spiro atoms. The molecule has 0 unspecified atom stereocenters. The Balaban J connectivity index is 1.84. The fourth-order valence-corrected chi connectivity index (χ4v) is 5.37. The zero-order chi connectivity index (χ0) is 26.3. The summed E-state index contributed by atoms with van der Waals surface area (Å²) in [4.78, 5) is 14.9. The lowest BCUT2D eigenvalue weighted by Gasteiger charge is -2.33. The fourth-order valence-electron chi connectivity index (χ4n) is 5.37. The van der Waals surface area contributed by atoms with Crippen molar-refractivity contribution in [3.05, 3.63) is 88.5 Å². The molecule has 1 heterocycles. The van der Waals surface area contributed by atoms with Gasteiger partial charge < -0.3 is 0 Å². The first kappa shape index (κ1) is 25.8. The van der Waals surface area contributed by atoms with Crippen LogP contribution < -0.4 is 0 Å². The third-order valence-corrected chi connectivity index (χ3v) is 6.78. The highest BCUT2D eigenvalue weighted by Gasteiger charge is 2.27. The summed E-state index contributed by atoms with van der Waals surface area (Å²) in [6.45, 7) is 20.0. The van der Waals surface area contributed by atoms with Crippen LogP contribution in [-0.2, 0) is 5.41 Å². The van der Waals surface area contributed by atoms with Crippen molar-refractivity contribution >= 4 is 0 Å². The maximum atomic E-state index is 4.97. The molecule has 4 rings (SSSR count). The van der Waals surface area contributed by atoms with Crippen molar-refractivity contribution in [1.82, 2.24) is 15.0 Å². The third-order valence-electron chi connectivity index (χ3n) is 6.78. The van der Waals surface area contributed by atoms with E-state index in [1.54, 1.807) is 0 Å². The Morgan fingerprint density at radius 2 is 1.00 bits per heavy atom. The molecule has 3 aromatic carbocycles. The van der Waals surface area contributed by atoms with Gasteiger partial charge in [0.05, 0.1) is 0 Å². The van der Waals surface area contributed by atoms with Crippen LogP contribution in [0.2, 0.25) is 0 Å². The topological polar surface area (TPSA) is 38.7 Å². The summed E-state index contributed by atoms with van der Waals surface area (Å²) in [5, 5.41) is 0. The van der Waals surface area contributed by atoms with Gasteiger partial charge in [0, 0.05) is 16.7 Å². The molecule has 4 aromatic rings. The Kier molecular flexibility index (Phi) is 6.88. The molecule has 0 atom stereocenters. The molecule has 0 aliphatic carbocycles. The number of rotatable bonds is 5. The molecule has 3 heteroatoms. The lowest BCUT2D eigenvalue weighted by atomic mass is 9.72. The van der Waals surface area contributed by atoms with Gasteiger partial charge in [0.2, 0.25) is 0 Å². The van der Waals surface area contributed by atoms with E-state index in [2.05, 4.69) is 123 Å². The van der Waals surface area contributed by atoms with Gasteiger partial charge in [-0.3, -0.25) is 0 Å². The van der Waals surface area contributed by atoms with E-state index in [1.165, 1.54) is 16.7 Å². The van der Waals surface area contributed by atoms with Crippen molar-refractivity contribution < 1.29 is 0 Å². The van der Waals surface area contributed by atoms with Gasteiger partial charge in [-0.05, 0) is 61.6 Å². The monoisotopic (exact) mass is 477 g/mol. The molecule has 0 amide bonds. The summed E-state index contributed by atoms with van der Waals surface area (Å²) in [6.07, 6.45) is 1.11. The number of aromatic nitrogens is 3. The molecular weight excluding hydrogens is 438 g/mol. The quantitative estimate of drug-likeness (QED) is 0.288. The van der Waals surface area contributed by atoms with Gasteiger partial charge in [0.25, 0.3) is 0 Å². The second kappa shape index (κ2) is 9.61. The zero-order valence-electron chi connectivity index (χ0n) is 23.3. The molecule has 3 nitrogen and oxygen atoms in total. The van der Waals surface area contributed by atoms with Crippen LogP contribution in [0, 0.1) is 33.1 Å². The van der Waals surface area contributed by atoms with Gasteiger partial charge in [-0.1, -0.05) is 106 Å². The van der Waals surface area contributed by atoms with Crippen molar-refractivity contribution in [3.8, 4) is 34.2 Å². The fraction of sp³-hybridized carbons (Fsp3) is 0.364. The molecule has 0 fully saturated rings. The summed E-state index contributed by atoms with van der Waals surface area (Å²) in [5.74, 6) is 2.13. The molecule has 186 valence electrons. The summed E-state index contributed by atoms with van der Waals surface area (Å²) >= 11 is 0. The summed E-state index contributed by atoms with van der Waals surface area (Å²) in [5.41, 5.74) is 9.56. The molecular formula is C33H39N3. The minimum Gasteiger partial charge on any atom is -0.208 e. The van der Waals surface area contributed by atoms with Crippen molar-refractivity contribution in [2.75, 3.05) is 0 Å². The Morgan fingerprint density at radius 3 is 1.42 bits per heavy atom. The molecule has 0 saturated carbocycles. The van der Waals surface area contributed by atoms with Crippen LogP contribution in [0.3, 0.4) is 0 Å². The zero-order valence-corrected chi connectivity index (χ0v) is 23.3. The minimum absolute atomic E-state index is 0.0875. The highest BCUT2D eigenvalue weighted by molar-refractivity contribution is 5.69. The SMILES string of the molecule is Cc1ccc(-c2nc(-c3ccc(C(C)(C)CC(C)(C)C)cc3)nc(-c3ccc(C)cc3C)n2)c(C)c1. The summed E-state index contributed by atoms with van der Waals surface area (Å²) in [7, 11) is 0. The molecule has 0 aliphatic rings. The van der Waals surface area contributed by atoms with E-state index in [1.807, 2.05) is 0 Å². The van der Waals surface area contributed by atoms with E-state index in [0.717, 1.165) is 34.2 Å². The standard InChI is InChI=1S/C33H39N3/c1-21-10-16-27(23(3)18-21)30-34-29(35-31(36-30)28-17-11-22(2)19-24(28)4)25-12-14-26(15-13-25)33(8,9)20-32(5,6)7/h10-19H,20H2,1-9H3. The third kappa shape index (κ3) is 5.73. The number of hydrogen-bond acceptors (Lipinski definition) is 3. The summed E-state index contributed by atoms with van der Waals surface area (Å²) in [6, 6.07) is 21.6. The molecule has 0 saturated heterocycles. The van der Waals surface area contributed by atoms with Gasteiger partial charge in [-0.2, -0.15) is 0 Å². The van der Waals surface area contributed by atoms with Crippen LogP contribution in [0.25, 0.3) is 34.2 Å². The average Bonchev–Trinajstić information content (AvgIpc) is 2.77. The van der Waals surface area contributed by atoms with Crippen molar-refractivity contribution in [1.29, 1.82) is 0 Å². The largest absolute Gasteiger partial charge is 0.208 e. The van der Waals surface area contributed by atoms with Gasteiger partial charge >= 0.3 is 0 Å². The lowest BCUT2D eigenvalue weighted by Crippen LogP contribution is -2.24. The normalized spacial score (nSPS) is 12.1. The van der Waals surface area contributed by atoms with Crippen LogP contribution in [-0.4, -0.2) is 15.0 Å². The van der Waals surface area contributed by atoms with E-state index in [9.17, 15) is 0 Å². The Hall–Kier alpha value is -3.33. The van der Waals surface area contributed by atoms with Gasteiger partial charge in [0.1, 0.15) is 0 Å². The Labute approximate surface area is 217 Å². The Bertz CT molecular complexity index is 1320. The van der Waals surface area contributed by atoms with Crippen LogP contribution >= 0.6 is 0 Å². The predicted molar refractivity (Wildman–Crippen MR) is 152 cm³/mol. The highest BCUT2D eigenvalue weighted by atomic mass is 15.0. The van der Waals surface area contributed by atoms with E-state index in [0.29, 0.717) is 17.5 Å². The second-order valence-corrected chi connectivity index (χ2v) is 12.1. The van der Waals surface area contributed by atoms with E-state index < -0.39 is 0 Å². The average molecular weight is 478 g/mol. The molecule has 0 bridgehead atoms. The summed E-state index contributed by atoms with van der Waals surface area (Å²) < 4.78 is 0. The van der Waals surface area contributed by atoms with Gasteiger partial charge in [-0.15, -0.1) is 0 Å². The van der Waals surface area contributed by atoms with E-state index in [4.69, 9.17) is 15.0 Å². The first-order valence-corrected chi connectivity index (χ1v) is 12.8. The Morgan fingerprint density at radius 1 is 0.556 bits per heavy atom. The lowest BCUT2D eigenvalue weighted by molar-refractivity contribution is 0.284. The van der Waals surface area contributed by atoms with Crippen LogP contribution in [0.15, 0.2) is 60.7 Å². The van der Waals surface area contributed by atoms with Crippen LogP contribution in [0.1, 0.15) is 68.9 Å². The maximum Gasteiger partial charge on any atom is 0.164 e. The van der Waals surface area contributed by atoms with Crippen molar-refractivity contribution in [3.63, 3.8) is 0 Å². The van der Waals surface area contributed by atoms with Gasteiger partial charge in [0.15, 0.2) is 17.5 Å². The molecule has 0 aliphatic heterocycles. The highest BCUT2D eigenvalue weighted by Crippen LogP contribution is 2.37. The van der Waals surface area contributed by atoms with Crippen molar-refractivity contribution in [2.45, 2.75) is 74.1 Å². The number of aryl methyl sites for hydroxylation is 4.